The van der Waals surface area contributed by atoms with E-state index < -0.39 is 61.3 Å². The van der Waals surface area contributed by atoms with Crippen LogP contribution in [0.2, 0.25) is 0 Å². The van der Waals surface area contributed by atoms with Crippen LogP contribution in [0, 0.1) is 5.82 Å². The van der Waals surface area contributed by atoms with Crippen LogP contribution in [0.4, 0.5) is 4.39 Å². The molecule has 2 aromatic carbocycles. The van der Waals surface area contributed by atoms with Gasteiger partial charge in [0.2, 0.25) is 6.29 Å². The Morgan fingerprint density at radius 2 is 1.72 bits per heavy atom. The summed E-state index contributed by atoms with van der Waals surface area (Å²) in [6.07, 6.45) is -8.06. The van der Waals surface area contributed by atoms with Crippen LogP contribution in [-0.2, 0) is 19.1 Å². The quantitative estimate of drug-likeness (QED) is 0.187. The van der Waals surface area contributed by atoms with Crippen LogP contribution in [0.1, 0.15) is 42.9 Å². The maximum absolute atomic E-state index is 13.8. The fourth-order valence-electron chi connectivity index (χ4n) is 5.18. The summed E-state index contributed by atoms with van der Waals surface area (Å²) in [4.78, 5) is 28.5. The van der Waals surface area contributed by atoms with Crippen molar-refractivity contribution in [3.05, 3.63) is 71.7 Å². The first-order valence-electron chi connectivity index (χ1n) is 13.9. The second kappa shape index (κ2) is 12.8. The van der Waals surface area contributed by atoms with Crippen LogP contribution >= 0.6 is 0 Å². The largest absolute Gasteiger partial charge is 0.479 e. The number of carboxylic acid groups (broad SMARTS) is 1. The number of pyridine rings is 1. The van der Waals surface area contributed by atoms with Gasteiger partial charge in [-0.15, -0.1) is 0 Å². The number of aliphatic carboxylic acids is 1. The van der Waals surface area contributed by atoms with Gasteiger partial charge in [-0.1, -0.05) is 42.5 Å². The molecule has 7 unspecified atom stereocenters. The first-order valence-corrected chi connectivity index (χ1v) is 13.9. The lowest BCUT2D eigenvalue weighted by atomic mass is 9.92. The number of aliphatic hydroxyl groups excluding tert-OH is 5. The molecular formula is C31H32FNO10. The zero-order chi connectivity index (χ0) is 30.8. The van der Waals surface area contributed by atoms with Gasteiger partial charge in [-0.3, -0.25) is 9.78 Å². The molecule has 3 aromatic rings. The Hall–Kier alpha value is -3.78. The molecule has 0 bridgehead atoms. The van der Waals surface area contributed by atoms with Crippen LogP contribution in [0.25, 0.3) is 28.1 Å². The second-order valence-corrected chi connectivity index (χ2v) is 10.8. The van der Waals surface area contributed by atoms with Gasteiger partial charge in [0.1, 0.15) is 24.1 Å². The molecule has 1 aliphatic heterocycles. The Balaban J connectivity index is 1.30. The maximum Gasteiger partial charge on any atom is 0.335 e. The number of halogens is 1. The Morgan fingerprint density at radius 1 is 1.02 bits per heavy atom. The van der Waals surface area contributed by atoms with E-state index in [0.717, 1.165) is 46.1 Å². The van der Waals surface area contributed by atoms with E-state index in [1.807, 2.05) is 24.3 Å². The summed E-state index contributed by atoms with van der Waals surface area (Å²) >= 11 is 0. The van der Waals surface area contributed by atoms with Crippen molar-refractivity contribution >= 4 is 28.9 Å². The van der Waals surface area contributed by atoms with E-state index in [9.17, 15) is 39.5 Å². The Labute approximate surface area is 245 Å². The van der Waals surface area contributed by atoms with Crippen LogP contribution in [0.5, 0.6) is 0 Å². The Kier molecular flexibility index (Phi) is 9.16. The summed E-state index contributed by atoms with van der Waals surface area (Å²) in [5, 5.41) is 60.8. The van der Waals surface area contributed by atoms with E-state index in [-0.39, 0.29) is 18.2 Å². The molecule has 7 atom stereocenters. The smallest absolute Gasteiger partial charge is 0.335 e. The fraction of sp³-hybridized carbons (Fsp3) is 0.387. The summed E-state index contributed by atoms with van der Waals surface area (Å²) in [7, 11) is 0. The summed E-state index contributed by atoms with van der Waals surface area (Å²) in [5.41, 5.74) is 4.01. The van der Waals surface area contributed by atoms with Crippen molar-refractivity contribution < 1.29 is 54.1 Å². The molecule has 11 nitrogen and oxygen atoms in total. The first-order chi connectivity index (χ1) is 20.5. The molecular weight excluding hydrogens is 565 g/mol. The third kappa shape index (κ3) is 6.90. The third-order valence-corrected chi connectivity index (χ3v) is 7.52. The van der Waals surface area contributed by atoms with Gasteiger partial charge in [0, 0.05) is 28.9 Å². The predicted molar refractivity (Wildman–Crippen MR) is 150 cm³/mol. The number of nitrogens with zero attached hydrogens (tertiary/aromatic N) is 1. The normalized spacial score (nSPS) is 25.5. The van der Waals surface area contributed by atoms with E-state index in [4.69, 9.17) is 19.6 Å². The lowest BCUT2D eigenvalue weighted by Crippen LogP contribution is -2.60. The standard InChI is InChI=1S/C31H32FNO10/c32-17-9-7-15(8-10-17)24-20-3-1-2-4-22(20)33-25(16-5-6-16)21(24)12-11-18(34)13-19(35)14-23(36)42-31-28(39)26(37)27(38)29(43-31)30(40)41/h1-4,7-12,16,18-19,26-29,31,34-35,37-39H,5-6,13-14H2,(H,40,41)/b12-11+. The van der Waals surface area contributed by atoms with E-state index >= 15 is 0 Å². The molecule has 0 radical (unpaired) electrons. The minimum atomic E-state index is -1.95. The lowest BCUT2D eigenvalue weighted by molar-refractivity contribution is -0.286. The number of benzene rings is 2. The molecule has 2 aliphatic rings. The SMILES string of the molecule is O=C(CC(O)CC(O)/C=C/c1c(C2CC2)nc2ccccc2c1-c1ccc(F)cc1)OC1OC(C(=O)O)C(O)C(O)C1O. The van der Waals surface area contributed by atoms with E-state index in [1.165, 1.54) is 18.2 Å². The van der Waals surface area contributed by atoms with Gasteiger partial charge in [0.15, 0.2) is 6.10 Å². The van der Waals surface area contributed by atoms with Crippen molar-refractivity contribution in [2.75, 3.05) is 0 Å². The number of fused-ring (bicyclic) bond motifs is 1. The number of carbonyl (C=O) groups excluding carboxylic acids is 1. The molecule has 2 heterocycles. The number of hydrogen-bond acceptors (Lipinski definition) is 10. The summed E-state index contributed by atoms with van der Waals surface area (Å²) in [5.74, 6) is -2.86. The number of para-hydroxylation sites is 1. The van der Waals surface area contributed by atoms with Crippen molar-refractivity contribution in [3.8, 4) is 11.1 Å². The predicted octanol–water partition coefficient (Wildman–Crippen LogP) is 1.87. The lowest BCUT2D eigenvalue weighted by Gasteiger charge is -2.38. The monoisotopic (exact) mass is 597 g/mol. The Bertz CT molecular complexity index is 1510. The van der Waals surface area contributed by atoms with Gasteiger partial charge in [0.25, 0.3) is 0 Å². The molecule has 1 aromatic heterocycles. The number of carboxylic acids is 1. The molecule has 1 saturated heterocycles. The molecule has 43 heavy (non-hydrogen) atoms. The van der Waals surface area contributed by atoms with Crippen LogP contribution in [0.3, 0.4) is 0 Å². The minimum absolute atomic E-state index is 0.235. The molecule has 0 spiro atoms. The van der Waals surface area contributed by atoms with Crippen LogP contribution < -0.4 is 0 Å². The molecule has 1 saturated carbocycles. The number of aliphatic hydroxyl groups is 5. The number of rotatable bonds is 10. The van der Waals surface area contributed by atoms with E-state index in [0.29, 0.717) is 0 Å². The van der Waals surface area contributed by atoms with Gasteiger partial charge in [-0.05, 0) is 36.6 Å². The van der Waals surface area contributed by atoms with Crippen molar-refractivity contribution in [1.29, 1.82) is 0 Å². The zero-order valence-electron chi connectivity index (χ0n) is 22.9. The molecule has 12 heteroatoms. The molecule has 0 amide bonds. The van der Waals surface area contributed by atoms with Gasteiger partial charge in [-0.2, -0.15) is 0 Å². The second-order valence-electron chi connectivity index (χ2n) is 10.8. The highest BCUT2D eigenvalue weighted by Gasteiger charge is 2.48. The van der Waals surface area contributed by atoms with Crippen LogP contribution in [-0.4, -0.2) is 90.5 Å². The highest BCUT2D eigenvalue weighted by atomic mass is 19.1. The molecule has 2 fully saturated rings. The van der Waals surface area contributed by atoms with Gasteiger partial charge < -0.3 is 40.1 Å². The number of esters is 1. The topological polar surface area (TPSA) is 187 Å². The number of aromatic nitrogens is 1. The highest BCUT2D eigenvalue weighted by Crippen LogP contribution is 2.45. The number of ether oxygens (including phenoxy) is 2. The van der Waals surface area contributed by atoms with Crippen molar-refractivity contribution in [1.82, 2.24) is 4.98 Å². The van der Waals surface area contributed by atoms with Gasteiger partial charge in [-0.25, -0.2) is 9.18 Å². The van der Waals surface area contributed by atoms with Crippen molar-refractivity contribution in [2.45, 2.75) is 74.5 Å². The fourth-order valence-corrected chi connectivity index (χ4v) is 5.18. The third-order valence-electron chi connectivity index (χ3n) is 7.52. The van der Waals surface area contributed by atoms with E-state index in [2.05, 4.69) is 0 Å². The molecule has 5 rings (SSSR count). The molecule has 228 valence electrons. The number of hydrogen-bond donors (Lipinski definition) is 6. The summed E-state index contributed by atoms with van der Waals surface area (Å²) < 4.78 is 23.6. The van der Waals surface area contributed by atoms with Crippen LogP contribution in [0.15, 0.2) is 54.6 Å². The average Bonchev–Trinajstić information content (AvgIpc) is 3.81. The summed E-state index contributed by atoms with van der Waals surface area (Å²) in [6, 6.07) is 13.7. The van der Waals surface area contributed by atoms with Crippen molar-refractivity contribution in [3.63, 3.8) is 0 Å². The molecule has 1 aliphatic carbocycles. The highest BCUT2D eigenvalue weighted by molar-refractivity contribution is 5.99. The summed E-state index contributed by atoms with van der Waals surface area (Å²) in [6.45, 7) is 0. The van der Waals surface area contributed by atoms with Gasteiger partial charge >= 0.3 is 11.9 Å². The van der Waals surface area contributed by atoms with Gasteiger partial charge in [0.05, 0.1) is 29.8 Å². The zero-order valence-corrected chi connectivity index (χ0v) is 22.9. The van der Waals surface area contributed by atoms with Crippen molar-refractivity contribution in [2.24, 2.45) is 0 Å². The molecule has 6 N–H and O–H groups in total. The Morgan fingerprint density at radius 3 is 2.40 bits per heavy atom. The van der Waals surface area contributed by atoms with E-state index in [1.54, 1.807) is 18.2 Å². The minimum Gasteiger partial charge on any atom is -0.479 e. The first kappa shape index (κ1) is 30.7. The average molecular weight is 598 g/mol. The number of carbonyl (C=O) groups is 2. The maximum atomic E-state index is 13.8.